The van der Waals surface area contributed by atoms with E-state index in [0.717, 1.165) is 9.80 Å². The van der Waals surface area contributed by atoms with Crippen LogP contribution in [0.4, 0.5) is 5.69 Å². The normalized spacial score (nSPS) is 12.6. The summed E-state index contributed by atoms with van der Waals surface area (Å²) in [6, 6.07) is 11.4. The van der Waals surface area contributed by atoms with Crippen LogP contribution in [0.25, 0.3) is 0 Å². The van der Waals surface area contributed by atoms with Crippen molar-refractivity contribution in [2.45, 2.75) is 11.3 Å². The van der Waals surface area contributed by atoms with E-state index in [1.165, 1.54) is 18.2 Å². The molecule has 1 aliphatic rings. The van der Waals surface area contributed by atoms with Crippen molar-refractivity contribution in [1.29, 1.82) is 0 Å². The largest absolute Gasteiger partial charge is 0.452 e. The van der Waals surface area contributed by atoms with Gasteiger partial charge in [0.1, 0.15) is 0 Å². The molecule has 0 unspecified atom stereocenters. The van der Waals surface area contributed by atoms with Crippen LogP contribution in [-0.2, 0) is 14.3 Å². The van der Waals surface area contributed by atoms with Crippen molar-refractivity contribution in [3.63, 3.8) is 0 Å². The van der Waals surface area contributed by atoms with Crippen LogP contribution in [-0.4, -0.2) is 61.7 Å². The van der Waals surface area contributed by atoms with Crippen LogP contribution in [0, 0.1) is 0 Å². The van der Waals surface area contributed by atoms with Gasteiger partial charge in [0.05, 0.1) is 16.7 Å². The molecule has 31 heavy (non-hydrogen) atoms. The number of esters is 1. The van der Waals surface area contributed by atoms with Gasteiger partial charge in [0, 0.05) is 30.8 Å². The van der Waals surface area contributed by atoms with E-state index in [1.54, 1.807) is 24.9 Å². The number of carbonyl (C=O) groups is 4. The molecule has 8 nitrogen and oxygen atoms in total. The molecule has 1 heterocycles. The van der Waals surface area contributed by atoms with Crippen molar-refractivity contribution < 1.29 is 28.7 Å². The molecule has 1 aliphatic heterocycles. The zero-order valence-electron chi connectivity index (χ0n) is 17.2. The van der Waals surface area contributed by atoms with Crippen LogP contribution < -0.4 is 5.32 Å². The van der Waals surface area contributed by atoms with E-state index in [0.29, 0.717) is 18.7 Å². The highest BCUT2D eigenvalue weighted by atomic mass is 32.2. The minimum absolute atomic E-state index is 0.0934. The van der Waals surface area contributed by atoms with Crippen LogP contribution in [0.15, 0.2) is 47.4 Å². The third kappa shape index (κ3) is 5.31. The van der Waals surface area contributed by atoms with E-state index in [4.69, 9.17) is 9.47 Å². The number of hydrogen-bond acceptors (Lipinski definition) is 7. The Morgan fingerprint density at radius 1 is 1.06 bits per heavy atom. The lowest BCUT2D eigenvalue weighted by atomic mass is 10.1. The molecule has 0 fully saturated rings. The molecule has 2 aromatic rings. The number of thioether (sulfide) groups is 1. The fourth-order valence-corrected chi connectivity index (χ4v) is 3.56. The van der Waals surface area contributed by atoms with Crippen LogP contribution in [0.2, 0.25) is 0 Å². The van der Waals surface area contributed by atoms with Crippen molar-refractivity contribution in [2.75, 3.05) is 38.4 Å². The Bertz CT molecular complexity index is 1020. The summed E-state index contributed by atoms with van der Waals surface area (Å²) in [5.41, 5.74) is 1.08. The Hall–Kier alpha value is -3.17. The highest BCUT2D eigenvalue weighted by Gasteiger charge is 2.35. The number of hydrogen-bond donors (Lipinski definition) is 1. The number of nitrogens with one attached hydrogen (secondary N) is 1. The number of carbonyl (C=O) groups excluding carboxylic acids is 4. The molecule has 0 saturated heterocycles. The Kier molecular flexibility index (Phi) is 7.43. The number of fused-ring (bicyclic) bond motifs is 1. The lowest BCUT2D eigenvalue weighted by Crippen LogP contribution is -2.31. The van der Waals surface area contributed by atoms with Crippen molar-refractivity contribution in [3.05, 3.63) is 59.2 Å². The molecule has 9 heteroatoms. The highest BCUT2D eigenvalue weighted by molar-refractivity contribution is 7.98. The highest BCUT2D eigenvalue weighted by Crippen LogP contribution is 2.24. The summed E-state index contributed by atoms with van der Waals surface area (Å²) in [7, 11) is 1.54. The first-order valence-electron chi connectivity index (χ1n) is 9.54. The predicted octanol–water partition coefficient (Wildman–Crippen LogP) is 2.84. The molecule has 3 rings (SSSR count). The quantitative estimate of drug-likeness (QED) is 0.276. The summed E-state index contributed by atoms with van der Waals surface area (Å²) in [6.07, 6.45) is 2.45. The average molecular weight is 442 g/mol. The minimum Gasteiger partial charge on any atom is -0.452 e. The maximum absolute atomic E-state index is 12.5. The van der Waals surface area contributed by atoms with Gasteiger partial charge in [-0.15, -0.1) is 11.8 Å². The van der Waals surface area contributed by atoms with Gasteiger partial charge in [0.15, 0.2) is 6.61 Å². The van der Waals surface area contributed by atoms with Gasteiger partial charge < -0.3 is 14.8 Å². The first-order chi connectivity index (χ1) is 14.9. The van der Waals surface area contributed by atoms with E-state index in [9.17, 15) is 19.2 Å². The van der Waals surface area contributed by atoms with E-state index in [1.807, 2.05) is 24.5 Å². The molecule has 0 radical (unpaired) electrons. The third-order valence-electron chi connectivity index (χ3n) is 4.62. The summed E-state index contributed by atoms with van der Waals surface area (Å²) in [4.78, 5) is 51.5. The number of amides is 3. The fraction of sp³-hybridized carbons (Fsp3) is 0.273. The number of anilines is 1. The van der Waals surface area contributed by atoms with Crippen molar-refractivity contribution in [1.82, 2.24) is 4.90 Å². The van der Waals surface area contributed by atoms with Gasteiger partial charge >= 0.3 is 5.97 Å². The summed E-state index contributed by atoms with van der Waals surface area (Å²) < 4.78 is 10.0. The topological polar surface area (TPSA) is 102 Å². The summed E-state index contributed by atoms with van der Waals surface area (Å²) in [6.45, 7) is 0.182. The monoisotopic (exact) mass is 442 g/mol. The van der Waals surface area contributed by atoms with Crippen molar-refractivity contribution in [3.8, 4) is 0 Å². The maximum Gasteiger partial charge on any atom is 0.338 e. The van der Waals surface area contributed by atoms with Gasteiger partial charge in [0.25, 0.3) is 17.7 Å². The van der Waals surface area contributed by atoms with Gasteiger partial charge in [-0.05, 0) is 49.1 Å². The standard InChI is InChI=1S/C22H22N2O6S/c1-29-10-4-9-24-20(26)17-8-7-14(11-18(17)21(24)27)22(28)30-13-19(25)23-15-5-3-6-16(12-15)31-2/h3,5-8,11-12H,4,9-10,13H2,1-2H3,(H,23,25). The summed E-state index contributed by atoms with van der Waals surface area (Å²) >= 11 is 1.54. The smallest absolute Gasteiger partial charge is 0.338 e. The molecular weight excluding hydrogens is 420 g/mol. The second-order valence-corrected chi connectivity index (χ2v) is 7.60. The number of imide groups is 1. The van der Waals surface area contributed by atoms with Crippen LogP contribution >= 0.6 is 11.8 Å². The first kappa shape index (κ1) is 22.5. The van der Waals surface area contributed by atoms with Gasteiger partial charge in [-0.25, -0.2) is 4.79 Å². The number of benzene rings is 2. The first-order valence-corrected chi connectivity index (χ1v) is 10.8. The van der Waals surface area contributed by atoms with E-state index >= 15 is 0 Å². The lowest BCUT2D eigenvalue weighted by molar-refractivity contribution is -0.119. The zero-order valence-corrected chi connectivity index (χ0v) is 18.0. The second-order valence-electron chi connectivity index (χ2n) is 6.72. The summed E-state index contributed by atoms with van der Waals surface area (Å²) in [5, 5.41) is 2.66. The minimum atomic E-state index is -0.756. The van der Waals surface area contributed by atoms with Crippen LogP contribution in [0.3, 0.4) is 0 Å². The van der Waals surface area contributed by atoms with Crippen molar-refractivity contribution >= 4 is 41.1 Å². The Morgan fingerprint density at radius 3 is 2.58 bits per heavy atom. The summed E-state index contributed by atoms with van der Waals surface area (Å²) in [5.74, 6) is -2.10. The SMILES string of the molecule is COCCCN1C(=O)c2ccc(C(=O)OCC(=O)Nc3cccc(SC)c3)cc2C1=O. The van der Waals surface area contributed by atoms with Crippen molar-refractivity contribution in [2.24, 2.45) is 0 Å². The van der Waals surface area contributed by atoms with Gasteiger partial charge in [0.2, 0.25) is 0 Å². The third-order valence-corrected chi connectivity index (χ3v) is 5.35. The second kappa shape index (κ2) is 10.2. The Balaban J connectivity index is 1.60. The Morgan fingerprint density at radius 2 is 1.84 bits per heavy atom. The molecule has 0 aliphatic carbocycles. The van der Waals surface area contributed by atoms with Crippen LogP contribution in [0.5, 0.6) is 0 Å². The molecule has 0 spiro atoms. The number of methoxy groups -OCH3 is 1. The molecule has 0 atom stereocenters. The fourth-order valence-electron chi connectivity index (χ4n) is 3.10. The molecule has 0 bridgehead atoms. The molecule has 0 saturated carbocycles. The Labute approximate surface area is 183 Å². The molecule has 162 valence electrons. The van der Waals surface area contributed by atoms with Gasteiger partial charge in [-0.2, -0.15) is 0 Å². The van der Waals surface area contributed by atoms with Gasteiger partial charge in [-0.1, -0.05) is 6.07 Å². The van der Waals surface area contributed by atoms with E-state index in [-0.39, 0.29) is 23.2 Å². The predicted molar refractivity (Wildman–Crippen MR) is 115 cm³/mol. The molecule has 2 aromatic carbocycles. The molecule has 3 amide bonds. The maximum atomic E-state index is 12.5. The van der Waals surface area contributed by atoms with E-state index < -0.39 is 30.3 Å². The average Bonchev–Trinajstić information content (AvgIpc) is 3.02. The lowest BCUT2D eigenvalue weighted by Gasteiger charge is -2.12. The number of ether oxygens (including phenoxy) is 2. The number of rotatable bonds is 9. The molecule has 1 N–H and O–H groups in total. The van der Waals surface area contributed by atoms with E-state index in [2.05, 4.69) is 5.32 Å². The molecular formula is C22H22N2O6S. The zero-order chi connectivity index (χ0) is 22.4. The van der Waals surface area contributed by atoms with Gasteiger partial charge in [-0.3, -0.25) is 19.3 Å². The molecule has 0 aromatic heterocycles. The van der Waals surface area contributed by atoms with Crippen LogP contribution in [0.1, 0.15) is 37.5 Å². The number of nitrogens with zero attached hydrogens (tertiary/aromatic N) is 1.